The Bertz CT molecular complexity index is 517. The highest BCUT2D eigenvalue weighted by molar-refractivity contribution is 6.30. The second-order valence-corrected chi connectivity index (χ2v) is 6.28. The molecule has 0 bridgehead atoms. The Morgan fingerprint density at radius 1 is 1.40 bits per heavy atom. The van der Waals surface area contributed by atoms with Crippen molar-refractivity contribution in [2.24, 2.45) is 5.92 Å². The van der Waals surface area contributed by atoms with E-state index in [1.807, 2.05) is 23.1 Å². The molecular formula is C16H20ClNO2. The molecule has 2 unspecified atom stereocenters. The van der Waals surface area contributed by atoms with Gasteiger partial charge in [0.2, 0.25) is 5.91 Å². The summed E-state index contributed by atoms with van der Waals surface area (Å²) in [5.74, 6) is 1.04. The minimum absolute atomic E-state index is 0.0680. The number of likely N-dealkylation sites (tertiary alicyclic amines) is 1. The van der Waals surface area contributed by atoms with E-state index in [1.54, 1.807) is 0 Å². The molecule has 1 saturated heterocycles. The fourth-order valence-corrected chi connectivity index (χ4v) is 3.38. The average molecular weight is 294 g/mol. The zero-order valence-corrected chi connectivity index (χ0v) is 12.5. The van der Waals surface area contributed by atoms with Crippen molar-refractivity contribution in [1.82, 2.24) is 4.90 Å². The molecule has 0 aromatic heterocycles. The molecule has 2 atom stereocenters. The van der Waals surface area contributed by atoms with Crippen molar-refractivity contribution in [3.05, 3.63) is 28.8 Å². The number of amides is 1. The van der Waals surface area contributed by atoms with Crippen LogP contribution < -0.4 is 4.74 Å². The van der Waals surface area contributed by atoms with Crippen LogP contribution in [0.3, 0.4) is 0 Å². The predicted molar refractivity (Wildman–Crippen MR) is 79.2 cm³/mol. The monoisotopic (exact) mass is 293 g/mol. The number of ether oxygens (including phenoxy) is 1. The van der Waals surface area contributed by atoms with Crippen molar-refractivity contribution >= 4 is 17.5 Å². The van der Waals surface area contributed by atoms with Gasteiger partial charge in [-0.25, -0.2) is 0 Å². The van der Waals surface area contributed by atoms with Crippen LogP contribution in [0.5, 0.6) is 5.75 Å². The molecule has 1 aromatic carbocycles. The van der Waals surface area contributed by atoms with Gasteiger partial charge in [-0.05, 0) is 56.4 Å². The van der Waals surface area contributed by atoms with E-state index >= 15 is 0 Å². The lowest BCUT2D eigenvalue weighted by Crippen LogP contribution is -2.47. The summed E-state index contributed by atoms with van der Waals surface area (Å²) in [4.78, 5) is 14.7. The minimum atomic E-state index is -0.0680. The highest BCUT2D eigenvalue weighted by atomic mass is 35.5. The molecular weight excluding hydrogens is 274 g/mol. The second-order valence-electron chi connectivity index (χ2n) is 5.84. The van der Waals surface area contributed by atoms with Crippen LogP contribution in [-0.4, -0.2) is 30.0 Å². The lowest BCUT2D eigenvalue weighted by Gasteiger charge is -2.37. The lowest BCUT2D eigenvalue weighted by molar-refractivity contribution is -0.140. The molecule has 2 aliphatic heterocycles. The van der Waals surface area contributed by atoms with Crippen LogP contribution in [-0.2, 0) is 11.2 Å². The summed E-state index contributed by atoms with van der Waals surface area (Å²) in [6.07, 6.45) is 4.19. The summed E-state index contributed by atoms with van der Waals surface area (Å²) in [5, 5.41) is 0.701. The van der Waals surface area contributed by atoms with Crippen molar-refractivity contribution < 1.29 is 9.53 Å². The van der Waals surface area contributed by atoms with Crippen LogP contribution in [0.1, 0.15) is 31.7 Å². The molecule has 108 valence electrons. The largest absolute Gasteiger partial charge is 0.492 e. The Kier molecular flexibility index (Phi) is 3.88. The molecule has 4 heteroatoms. The second kappa shape index (κ2) is 5.65. The first-order chi connectivity index (χ1) is 9.65. The topological polar surface area (TPSA) is 29.5 Å². The summed E-state index contributed by atoms with van der Waals surface area (Å²) in [5.41, 5.74) is 1.05. The number of piperidine rings is 1. The summed E-state index contributed by atoms with van der Waals surface area (Å²) in [6.45, 7) is 3.52. The Morgan fingerprint density at radius 3 is 3.05 bits per heavy atom. The van der Waals surface area contributed by atoms with E-state index in [9.17, 15) is 4.79 Å². The first-order valence-electron chi connectivity index (χ1n) is 7.37. The van der Waals surface area contributed by atoms with Crippen LogP contribution in [0.2, 0.25) is 5.02 Å². The molecule has 1 aromatic rings. The molecule has 0 saturated carbocycles. The van der Waals surface area contributed by atoms with Gasteiger partial charge < -0.3 is 9.64 Å². The van der Waals surface area contributed by atoms with Gasteiger partial charge in [-0.1, -0.05) is 11.6 Å². The number of nitrogens with zero attached hydrogens (tertiary/aromatic N) is 1. The van der Waals surface area contributed by atoms with Gasteiger partial charge >= 0.3 is 0 Å². The van der Waals surface area contributed by atoms with Crippen LogP contribution in [0.25, 0.3) is 0 Å². The standard InChI is InChI=1S/C16H20ClNO2/c1-11-4-2-3-7-18(11)16(19)13-8-12-9-14(17)5-6-15(12)20-10-13/h5-6,9,11,13H,2-4,7-8,10H2,1H3. The van der Waals surface area contributed by atoms with Gasteiger partial charge in [-0.15, -0.1) is 0 Å². The van der Waals surface area contributed by atoms with E-state index in [4.69, 9.17) is 16.3 Å². The molecule has 2 heterocycles. The first kappa shape index (κ1) is 13.7. The summed E-state index contributed by atoms with van der Waals surface area (Å²) >= 11 is 6.02. The average Bonchev–Trinajstić information content (AvgIpc) is 2.46. The van der Waals surface area contributed by atoms with Crippen molar-refractivity contribution in [3.8, 4) is 5.75 Å². The van der Waals surface area contributed by atoms with E-state index in [0.717, 1.165) is 37.1 Å². The van der Waals surface area contributed by atoms with E-state index < -0.39 is 0 Å². The van der Waals surface area contributed by atoms with Crippen molar-refractivity contribution in [3.63, 3.8) is 0 Å². The Labute approximate surface area is 124 Å². The maximum Gasteiger partial charge on any atom is 0.229 e. The quantitative estimate of drug-likeness (QED) is 0.795. The lowest BCUT2D eigenvalue weighted by atomic mass is 9.93. The van der Waals surface area contributed by atoms with Crippen molar-refractivity contribution in [2.75, 3.05) is 13.2 Å². The number of rotatable bonds is 1. The molecule has 1 amide bonds. The fourth-order valence-electron chi connectivity index (χ4n) is 3.18. The third-order valence-electron chi connectivity index (χ3n) is 4.36. The molecule has 20 heavy (non-hydrogen) atoms. The van der Waals surface area contributed by atoms with Crippen LogP contribution in [0.15, 0.2) is 18.2 Å². The zero-order valence-electron chi connectivity index (χ0n) is 11.8. The highest BCUT2D eigenvalue weighted by Gasteiger charge is 2.32. The third kappa shape index (κ3) is 2.64. The first-order valence-corrected chi connectivity index (χ1v) is 7.74. The van der Waals surface area contributed by atoms with Crippen LogP contribution >= 0.6 is 11.6 Å². The SMILES string of the molecule is CC1CCCCN1C(=O)C1COc2ccc(Cl)cc2C1. The Balaban J connectivity index is 1.74. The highest BCUT2D eigenvalue weighted by Crippen LogP contribution is 2.31. The summed E-state index contributed by atoms with van der Waals surface area (Å²) in [7, 11) is 0. The minimum Gasteiger partial charge on any atom is -0.492 e. The van der Waals surface area contributed by atoms with Gasteiger partial charge in [-0.3, -0.25) is 4.79 Å². The molecule has 0 spiro atoms. The Hall–Kier alpha value is -1.22. The van der Waals surface area contributed by atoms with Crippen LogP contribution in [0.4, 0.5) is 0 Å². The Morgan fingerprint density at radius 2 is 2.25 bits per heavy atom. The fraction of sp³-hybridized carbons (Fsp3) is 0.562. The van der Waals surface area contributed by atoms with Gasteiger partial charge in [0.25, 0.3) is 0 Å². The van der Waals surface area contributed by atoms with E-state index in [1.165, 1.54) is 6.42 Å². The number of hydrogen-bond donors (Lipinski definition) is 0. The zero-order chi connectivity index (χ0) is 14.1. The number of carbonyl (C=O) groups is 1. The molecule has 0 radical (unpaired) electrons. The van der Waals surface area contributed by atoms with Crippen LogP contribution in [0, 0.1) is 5.92 Å². The van der Waals surface area contributed by atoms with Gasteiger partial charge in [0, 0.05) is 17.6 Å². The smallest absolute Gasteiger partial charge is 0.229 e. The van der Waals surface area contributed by atoms with E-state index in [-0.39, 0.29) is 11.8 Å². The normalized spacial score (nSPS) is 25.8. The number of carbonyl (C=O) groups excluding carboxylic acids is 1. The van der Waals surface area contributed by atoms with Gasteiger partial charge in [0.15, 0.2) is 0 Å². The number of hydrogen-bond acceptors (Lipinski definition) is 2. The maximum atomic E-state index is 12.7. The summed E-state index contributed by atoms with van der Waals surface area (Å²) < 4.78 is 5.73. The van der Waals surface area contributed by atoms with Crippen molar-refractivity contribution in [2.45, 2.75) is 38.6 Å². The van der Waals surface area contributed by atoms with Crippen molar-refractivity contribution in [1.29, 1.82) is 0 Å². The van der Waals surface area contributed by atoms with Gasteiger partial charge in [-0.2, -0.15) is 0 Å². The third-order valence-corrected chi connectivity index (χ3v) is 4.60. The number of fused-ring (bicyclic) bond motifs is 1. The number of benzene rings is 1. The van der Waals surface area contributed by atoms with E-state index in [0.29, 0.717) is 17.7 Å². The van der Waals surface area contributed by atoms with Gasteiger partial charge in [0.05, 0.1) is 5.92 Å². The molecule has 3 rings (SSSR count). The van der Waals surface area contributed by atoms with E-state index in [2.05, 4.69) is 6.92 Å². The molecule has 0 aliphatic carbocycles. The number of halogens is 1. The summed E-state index contributed by atoms with van der Waals surface area (Å²) in [6, 6.07) is 5.99. The molecule has 2 aliphatic rings. The molecule has 1 fully saturated rings. The molecule has 0 N–H and O–H groups in total. The predicted octanol–water partition coefficient (Wildman–Crippen LogP) is 3.29. The van der Waals surface area contributed by atoms with Gasteiger partial charge in [0.1, 0.15) is 12.4 Å². The maximum absolute atomic E-state index is 12.7. The molecule has 3 nitrogen and oxygen atoms in total.